The molecule has 0 radical (unpaired) electrons. The number of hydrogen-bond donors (Lipinski definition) is 4. The van der Waals surface area contributed by atoms with Crippen molar-refractivity contribution in [3.8, 4) is 0 Å². The van der Waals surface area contributed by atoms with Crippen LogP contribution in [0.3, 0.4) is 0 Å². The Morgan fingerprint density at radius 2 is 2.03 bits per heavy atom. The summed E-state index contributed by atoms with van der Waals surface area (Å²) >= 11 is 12.1. The Morgan fingerprint density at radius 1 is 1.28 bits per heavy atom. The molecule has 0 aromatic heterocycles. The minimum Gasteiger partial charge on any atom is -0.409 e. The van der Waals surface area contributed by atoms with Gasteiger partial charge in [-0.25, -0.2) is 9.98 Å². The van der Waals surface area contributed by atoms with Crippen molar-refractivity contribution in [2.24, 2.45) is 27.0 Å². The first-order chi connectivity index (χ1) is 13.8. The number of halogens is 2. The summed E-state index contributed by atoms with van der Waals surface area (Å²) in [4.78, 5) is 9.61. The summed E-state index contributed by atoms with van der Waals surface area (Å²) in [5.74, 6) is -0.391. The topological polar surface area (TPSA) is 130 Å². The van der Waals surface area contributed by atoms with Crippen LogP contribution in [-0.4, -0.2) is 73.6 Å². The molecule has 3 heterocycles. The molecule has 11 heteroatoms. The fraction of sp³-hybridized carbons (Fsp3) is 0.500. The number of allylic oxidation sites excluding steroid dienone is 3. The van der Waals surface area contributed by atoms with Crippen molar-refractivity contribution in [1.82, 2.24) is 4.90 Å². The van der Waals surface area contributed by atoms with Crippen LogP contribution >= 0.6 is 23.2 Å². The molecule has 4 rings (SSSR count). The number of aliphatic hydroxyl groups excluding tert-OH is 2. The molecular weight excluding hydrogens is 423 g/mol. The molecule has 4 aliphatic rings. The summed E-state index contributed by atoms with van der Waals surface area (Å²) in [5.41, 5.74) is -1.54. The zero-order valence-corrected chi connectivity index (χ0v) is 16.8. The van der Waals surface area contributed by atoms with Crippen LogP contribution in [0.4, 0.5) is 0 Å². The lowest BCUT2D eigenvalue weighted by atomic mass is 9.78. The first kappa shape index (κ1) is 20.5. The van der Waals surface area contributed by atoms with Gasteiger partial charge in [0.25, 0.3) is 0 Å². The van der Waals surface area contributed by atoms with E-state index in [1.54, 1.807) is 24.4 Å². The minimum atomic E-state index is -1.54. The van der Waals surface area contributed by atoms with Gasteiger partial charge in [0.2, 0.25) is 0 Å². The fourth-order valence-corrected chi connectivity index (χ4v) is 4.41. The number of hydrogen-bond acceptors (Lipinski definition) is 8. The smallest absolute Gasteiger partial charge is 0.183 e. The normalized spacial score (nSPS) is 39.9. The van der Waals surface area contributed by atoms with Crippen LogP contribution in [0.1, 0.15) is 13.3 Å². The van der Waals surface area contributed by atoms with Crippen molar-refractivity contribution in [1.29, 1.82) is 0 Å². The summed E-state index contributed by atoms with van der Waals surface area (Å²) in [6, 6.07) is 0. The van der Waals surface area contributed by atoms with Crippen LogP contribution in [0, 0.1) is 11.8 Å². The Kier molecular flexibility index (Phi) is 5.30. The molecule has 0 aromatic carbocycles. The average Bonchev–Trinajstić information content (AvgIpc) is 3.25. The average molecular weight is 443 g/mol. The highest BCUT2D eigenvalue weighted by atomic mass is 35.5. The summed E-state index contributed by atoms with van der Waals surface area (Å²) in [6.07, 6.45) is 3.46. The van der Waals surface area contributed by atoms with E-state index in [0.29, 0.717) is 22.3 Å². The van der Waals surface area contributed by atoms with Crippen LogP contribution < -0.4 is 0 Å². The zero-order valence-electron chi connectivity index (χ0n) is 15.3. The van der Waals surface area contributed by atoms with E-state index in [9.17, 15) is 15.3 Å². The molecule has 0 aromatic rings. The van der Waals surface area contributed by atoms with Gasteiger partial charge in [0.15, 0.2) is 12.1 Å². The van der Waals surface area contributed by atoms with Gasteiger partial charge in [-0.1, -0.05) is 40.5 Å². The van der Waals surface area contributed by atoms with Crippen molar-refractivity contribution in [3.05, 3.63) is 34.5 Å². The van der Waals surface area contributed by atoms with E-state index in [1.165, 1.54) is 18.2 Å². The van der Waals surface area contributed by atoms with Gasteiger partial charge in [0, 0.05) is 12.1 Å². The van der Waals surface area contributed by atoms with Gasteiger partial charge in [0.1, 0.15) is 36.4 Å². The zero-order chi connectivity index (χ0) is 20.9. The van der Waals surface area contributed by atoms with Gasteiger partial charge in [-0.05, 0) is 19.4 Å². The maximum absolute atomic E-state index is 11.2. The molecule has 9 nitrogen and oxygen atoms in total. The van der Waals surface area contributed by atoms with Crippen molar-refractivity contribution in [2.45, 2.75) is 43.5 Å². The summed E-state index contributed by atoms with van der Waals surface area (Å²) in [5, 5.41) is 45.5. The number of fused-ring (bicyclic) bond motifs is 1. The van der Waals surface area contributed by atoms with Gasteiger partial charge in [-0.15, -0.1) is 0 Å². The third-order valence-corrected chi connectivity index (χ3v) is 6.49. The van der Waals surface area contributed by atoms with Crippen LogP contribution in [0.2, 0.25) is 0 Å². The van der Waals surface area contributed by atoms with Crippen LogP contribution in [0.5, 0.6) is 0 Å². The molecule has 156 valence electrons. The maximum atomic E-state index is 11.2. The highest BCUT2D eigenvalue weighted by Gasteiger charge is 2.56. The second-order valence-corrected chi connectivity index (χ2v) is 8.29. The van der Waals surface area contributed by atoms with Gasteiger partial charge in [0.05, 0.1) is 15.7 Å². The quantitative estimate of drug-likeness (QED) is 0.382. The van der Waals surface area contributed by atoms with E-state index < -0.39 is 42.0 Å². The van der Waals surface area contributed by atoms with Crippen LogP contribution in [0.25, 0.3) is 0 Å². The van der Waals surface area contributed by atoms with Crippen molar-refractivity contribution in [2.75, 3.05) is 0 Å². The molecule has 3 aliphatic heterocycles. The van der Waals surface area contributed by atoms with Crippen LogP contribution in [0.15, 0.2) is 49.6 Å². The minimum absolute atomic E-state index is 0.149. The predicted octanol–water partition coefficient (Wildman–Crippen LogP) is 1.12. The van der Waals surface area contributed by atoms with E-state index >= 15 is 0 Å². The highest BCUT2D eigenvalue weighted by molar-refractivity contribution is 6.44. The van der Waals surface area contributed by atoms with E-state index in [1.807, 2.05) is 0 Å². The molecule has 0 saturated carbocycles. The number of oxime groups is 1. The van der Waals surface area contributed by atoms with Crippen molar-refractivity contribution in [3.63, 3.8) is 0 Å². The first-order valence-corrected chi connectivity index (χ1v) is 9.77. The lowest BCUT2D eigenvalue weighted by Crippen LogP contribution is -2.51. The summed E-state index contributed by atoms with van der Waals surface area (Å²) in [6.45, 7) is 1.53. The van der Waals surface area contributed by atoms with Crippen LogP contribution in [-0.2, 0) is 4.74 Å². The third kappa shape index (κ3) is 3.31. The molecule has 0 amide bonds. The Bertz CT molecular complexity index is 881. The molecule has 29 heavy (non-hydrogen) atoms. The van der Waals surface area contributed by atoms with Gasteiger partial charge in [-0.3, -0.25) is 0 Å². The molecule has 1 aliphatic carbocycles. The predicted molar refractivity (Wildman–Crippen MR) is 107 cm³/mol. The molecular formula is C18H20Cl2N4O5. The number of nitrogens with zero attached hydrogens (tertiary/aromatic N) is 4. The lowest BCUT2D eigenvalue weighted by molar-refractivity contribution is -0.149. The number of amidine groups is 2. The van der Waals surface area contributed by atoms with E-state index in [2.05, 4.69) is 15.1 Å². The van der Waals surface area contributed by atoms with Crippen molar-refractivity contribution >= 4 is 41.2 Å². The molecule has 7 atom stereocenters. The molecule has 0 spiro atoms. The lowest BCUT2D eigenvalue weighted by Gasteiger charge is -2.38. The second-order valence-electron chi connectivity index (χ2n) is 7.48. The Hall–Kier alpha value is -1.75. The molecule has 1 saturated heterocycles. The van der Waals surface area contributed by atoms with Gasteiger partial charge in [-0.2, -0.15) is 0 Å². The second kappa shape index (κ2) is 7.50. The standard InChI is InChI=1S/C18H20Cl2N4O5/c1-18(27,8-2-3-10(19)11(20)6-8)14-12(25)13(26)17(29-14)24-5-4-9-15(23-28)21-7-22-16(9)24/h3-9,12-14,17,25-28H,2H2,1H3/b23-15+/t8?,9?,12-,13+,14-,17+,18+/m0/s1. The highest BCUT2D eigenvalue weighted by Crippen LogP contribution is 2.41. The van der Waals surface area contributed by atoms with Gasteiger partial charge < -0.3 is 30.2 Å². The van der Waals surface area contributed by atoms with E-state index in [0.717, 1.165) is 0 Å². The van der Waals surface area contributed by atoms with Crippen molar-refractivity contribution < 1.29 is 25.3 Å². The fourth-order valence-electron chi connectivity index (χ4n) is 4.02. The van der Waals surface area contributed by atoms with E-state index in [-0.39, 0.29) is 5.84 Å². The largest absolute Gasteiger partial charge is 0.409 e. The SMILES string of the molecule is C[C@@](O)(C1C=C(Cl)C(Cl)=CC1)[C@H]1O[C@@H](N2C=CC3C2=NC=N/C3=N/O)[C@H](O)[C@@H]1O. The number of aliphatic hydroxyl groups is 3. The number of ether oxygens (including phenoxy) is 1. The summed E-state index contributed by atoms with van der Waals surface area (Å²) < 4.78 is 5.94. The molecule has 1 fully saturated rings. The Balaban J connectivity index is 1.57. The Morgan fingerprint density at radius 3 is 2.72 bits per heavy atom. The monoisotopic (exact) mass is 442 g/mol. The molecule has 2 unspecified atom stereocenters. The third-order valence-electron chi connectivity index (χ3n) is 5.71. The first-order valence-electron chi connectivity index (χ1n) is 9.02. The molecule has 4 N–H and O–H groups in total. The van der Waals surface area contributed by atoms with E-state index in [4.69, 9.17) is 33.1 Å². The number of aliphatic imine (C=N–C) groups is 2. The Labute approximate surface area is 176 Å². The number of rotatable bonds is 3. The molecule has 0 bridgehead atoms. The maximum Gasteiger partial charge on any atom is 0.183 e. The van der Waals surface area contributed by atoms with Gasteiger partial charge >= 0.3 is 0 Å². The summed E-state index contributed by atoms with van der Waals surface area (Å²) in [7, 11) is 0.